The van der Waals surface area contributed by atoms with Crippen molar-refractivity contribution in [3.05, 3.63) is 63.7 Å². The van der Waals surface area contributed by atoms with Crippen LogP contribution in [0.25, 0.3) is 0 Å². The first-order valence-corrected chi connectivity index (χ1v) is 6.44. The molecule has 3 rings (SSSR count). The van der Waals surface area contributed by atoms with Gasteiger partial charge in [-0.2, -0.15) is 0 Å². The van der Waals surface area contributed by atoms with Crippen LogP contribution in [0.3, 0.4) is 0 Å². The highest BCUT2D eigenvalue weighted by atomic mass is 16.6. The Morgan fingerprint density at radius 3 is 2.75 bits per heavy atom. The van der Waals surface area contributed by atoms with Gasteiger partial charge in [-0.15, -0.1) is 0 Å². The molecule has 2 aromatic carbocycles. The van der Waals surface area contributed by atoms with Crippen LogP contribution < -0.4 is 4.90 Å². The predicted molar refractivity (Wildman–Crippen MR) is 76.2 cm³/mol. The van der Waals surface area contributed by atoms with Crippen LogP contribution >= 0.6 is 0 Å². The standard InChI is InChI=1S/C15H14N2O3/c18-10-12-9-13(17(19)20)5-6-15(12)16-8-7-11-3-1-2-4-14(11)16/h1-6,9,18H,7-8,10H2. The van der Waals surface area contributed by atoms with E-state index in [0.717, 1.165) is 24.3 Å². The first-order chi connectivity index (χ1) is 9.70. The molecule has 0 amide bonds. The lowest BCUT2D eigenvalue weighted by Gasteiger charge is -2.22. The largest absolute Gasteiger partial charge is 0.392 e. The first kappa shape index (κ1) is 12.6. The molecule has 5 nitrogen and oxygen atoms in total. The van der Waals surface area contributed by atoms with Gasteiger partial charge in [0.1, 0.15) is 0 Å². The van der Waals surface area contributed by atoms with Crippen LogP contribution in [0.5, 0.6) is 0 Å². The molecule has 1 N–H and O–H groups in total. The molecule has 0 aliphatic carbocycles. The van der Waals surface area contributed by atoms with Crippen molar-refractivity contribution in [2.24, 2.45) is 0 Å². The normalized spacial score (nSPS) is 13.3. The fourth-order valence-corrected chi connectivity index (χ4v) is 2.66. The summed E-state index contributed by atoms with van der Waals surface area (Å²) in [6, 6.07) is 12.7. The average Bonchev–Trinajstić information content (AvgIpc) is 2.90. The summed E-state index contributed by atoms with van der Waals surface area (Å²) in [5.41, 5.74) is 3.79. The van der Waals surface area contributed by atoms with Crippen molar-refractivity contribution in [1.29, 1.82) is 0 Å². The highest BCUT2D eigenvalue weighted by Gasteiger charge is 2.22. The van der Waals surface area contributed by atoms with Gasteiger partial charge < -0.3 is 10.0 Å². The maximum Gasteiger partial charge on any atom is 0.269 e. The van der Waals surface area contributed by atoms with Crippen LogP contribution in [0.2, 0.25) is 0 Å². The highest BCUT2D eigenvalue weighted by molar-refractivity contribution is 5.72. The van der Waals surface area contributed by atoms with Gasteiger partial charge >= 0.3 is 0 Å². The number of nitro benzene ring substituents is 1. The van der Waals surface area contributed by atoms with E-state index >= 15 is 0 Å². The van der Waals surface area contributed by atoms with Gasteiger partial charge in [0.2, 0.25) is 0 Å². The number of benzene rings is 2. The highest BCUT2D eigenvalue weighted by Crippen LogP contribution is 2.37. The van der Waals surface area contributed by atoms with Gasteiger partial charge in [0.25, 0.3) is 5.69 Å². The molecule has 0 fully saturated rings. The molecule has 0 saturated heterocycles. The van der Waals surface area contributed by atoms with E-state index in [4.69, 9.17) is 0 Å². The Labute approximate surface area is 116 Å². The molecule has 0 bridgehead atoms. The Hall–Kier alpha value is -2.40. The monoisotopic (exact) mass is 270 g/mol. The second-order valence-electron chi connectivity index (χ2n) is 4.76. The van der Waals surface area contributed by atoms with E-state index in [-0.39, 0.29) is 12.3 Å². The van der Waals surface area contributed by atoms with Crippen LogP contribution in [0.1, 0.15) is 11.1 Å². The van der Waals surface area contributed by atoms with E-state index in [1.54, 1.807) is 6.07 Å². The van der Waals surface area contributed by atoms with Gasteiger partial charge in [0, 0.05) is 35.6 Å². The van der Waals surface area contributed by atoms with Gasteiger partial charge in [-0.1, -0.05) is 18.2 Å². The molecular weight excluding hydrogens is 256 g/mol. The quantitative estimate of drug-likeness (QED) is 0.688. The summed E-state index contributed by atoms with van der Waals surface area (Å²) in [6.45, 7) is 0.611. The van der Waals surface area contributed by atoms with Crippen molar-refractivity contribution in [2.45, 2.75) is 13.0 Å². The van der Waals surface area contributed by atoms with Gasteiger partial charge in [-0.25, -0.2) is 0 Å². The fourth-order valence-electron chi connectivity index (χ4n) is 2.66. The number of nitro groups is 1. The van der Waals surface area contributed by atoms with Crippen LogP contribution in [0.15, 0.2) is 42.5 Å². The van der Waals surface area contributed by atoms with Crippen molar-refractivity contribution in [3.63, 3.8) is 0 Å². The molecule has 20 heavy (non-hydrogen) atoms. The van der Waals surface area contributed by atoms with Crippen molar-refractivity contribution in [3.8, 4) is 0 Å². The van der Waals surface area contributed by atoms with Crippen molar-refractivity contribution >= 4 is 17.1 Å². The van der Waals surface area contributed by atoms with Crippen LogP contribution in [0.4, 0.5) is 17.1 Å². The maximum absolute atomic E-state index is 10.8. The summed E-state index contributed by atoms with van der Waals surface area (Å²) in [4.78, 5) is 12.5. The molecule has 0 radical (unpaired) electrons. The third-order valence-corrected chi connectivity index (χ3v) is 3.62. The zero-order chi connectivity index (χ0) is 14.1. The molecule has 1 aliphatic heterocycles. The Morgan fingerprint density at radius 2 is 2.00 bits per heavy atom. The average molecular weight is 270 g/mol. The number of anilines is 2. The first-order valence-electron chi connectivity index (χ1n) is 6.44. The molecule has 0 unspecified atom stereocenters. The van der Waals surface area contributed by atoms with E-state index in [0.29, 0.717) is 5.56 Å². The molecule has 2 aromatic rings. The van der Waals surface area contributed by atoms with E-state index in [1.807, 2.05) is 18.2 Å². The smallest absolute Gasteiger partial charge is 0.269 e. The van der Waals surface area contributed by atoms with Crippen LogP contribution in [-0.2, 0) is 13.0 Å². The van der Waals surface area contributed by atoms with E-state index < -0.39 is 4.92 Å². The summed E-state index contributed by atoms with van der Waals surface area (Å²) in [6.07, 6.45) is 0.942. The molecule has 102 valence electrons. The number of aliphatic hydroxyl groups excluding tert-OH is 1. The van der Waals surface area contributed by atoms with Crippen molar-refractivity contribution in [1.82, 2.24) is 0 Å². The minimum absolute atomic E-state index is 0.00489. The SMILES string of the molecule is O=[N+]([O-])c1ccc(N2CCc3ccccc32)c(CO)c1. The minimum atomic E-state index is -0.444. The molecule has 0 atom stereocenters. The van der Waals surface area contributed by atoms with Gasteiger partial charge in [-0.3, -0.25) is 10.1 Å². The zero-order valence-electron chi connectivity index (χ0n) is 10.8. The summed E-state index contributed by atoms with van der Waals surface area (Å²) in [7, 11) is 0. The Kier molecular flexibility index (Phi) is 3.12. The minimum Gasteiger partial charge on any atom is -0.392 e. The summed E-state index contributed by atoms with van der Waals surface area (Å²) in [5, 5.41) is 20.3. The molecule has 0 aromatic heterocycles. The molecule has 0 spiro atoms. The molecule has 0 saturated carbocycles. The Balaban J connectivity index is 2.05. The third kappa shape index (κ3) is 2.02. The number of non-ortho nitro benzene ring substituents is 1. The summed E-state index contributed by atoms with van der Waals surface area (Å²) in [5.74, 6) is 0. The Bertz CT molecular complexity index is 670. The van der Waals surface area contributed by atoms with Gasteiger partial charge in [0.15, 0.2) is 0 Å². The Morgan fingerprint density at radius 1 is 1.20 bits per heavy atom. The number of hydrogen-bond acceptors (Lipinski definition) is 4. The summed E-state index contributed by atoms with van der Waals surface area (Å²) >= 11 is 0. The van der Waals surface area contributed by atoms with Crippen LogP contribution in [-0.4, -0.2) is 16.6 Å². The van der Waals surface area contributed by atoms with E-state index in [2.05, 4.69) is 11.0 Å². The molecular formula is C15H14N2O3. The van der Waals surface area contributed by atoms with E-state index in [9.17, 15) is 15.2 Å². The number of para-hydroxylation sites is 1. The lowest BCUT2D eigenvalue weighted by Crippen LogP contribution is -2.15. The number of aliphatic hydroxyl groups is 1. The number of nitrogens with zero attached hydrogens (tertiary/aromatic N) is 2. The van der Waals surface area contributed by atoms with Gasteiger partial charge in [-0.05, 0) is 24.1 Å². The van der Waals surface area contributed by atoms with Gasteiger partial charge in [0.05, 0.1) is 11.5 Å². The van der Waals surface area contributed by atoms with E-state index in [1.165, 1.54) is 17.7 Å². The molecule has 1 aliphatic rings. The molecule has 5 heteroatoms. The molecule has 1 heterocycles. The zero-order valence-corrected chi connectivity index (χ0v) is 10.8. The van der Waals surface area contributed by atoms with Crippen LogP contribution in [0, 0.1) is 10.1 Å². The number of fused-ring (bicyclic) bond motifs is 1. The van der Waals surface area contributed by atoms with Crippen molar-refractivity contribution in [2.75, 3.05) is 11.4 Å². The fraction of sp³-hybridized carbons (Fsp3) is 0.200. The maximum atomic E-state index is 10.8. The second kappa shape index (κ2) is 4.94. The third-order valence-electron chi connectivity index (χ3n) is 3.62. The number of rotatable bonds is 3. The number of hydrogen-bond donors (Lipinski definition) is 1. The summed E-state index contributed by atoms with van der Waals surface area (Å²) < 4.78 is 0. The second-order valence-corrected chi connectivity index (χ2v) is 4.76. The topological polar surface area (TPSA) is 66.6 Å². The van der Waals surface area contributed by atoms with Crippen molar-refractivity contribution < 1.29 is 10.0 Å². The lowest BCUT2D eigenvalue weighted by molar-refractivity contribution is -0.384. The lowest BCUT2D eigenvalue weighted by atomic mass is 10.1. The predicted octanol–water partition coefficient (Wildman–Crippen LogP) is 2.78.